The van der Waals surface area contributed by atoms with Crippen LogP contribution in [0.1, 0.15) is 19.3 Å². The molecule has 166 valence electrons. The monoisotopic (exact) mass is 469 g/mol. The number of nitrogens with one attached hydrogen (secondary N) is 1. The van der Waals surface area contributed by atoms with Crippen molar-refractivity contribution in [2.24, 2.45) is 5.73 Å². The highest BCUT2D eigenvalue weighted by molar-refractivity contribution is 8.01. The quantitative estimate of drug-likeness (QED) is 0.479. The van der Waals surface area contributed by atoms with Crippen LogP contribution in [0.3, 0.4) is 0 Å². The zero-order valence-corrected chi connectivity index (χ0v) is 18.9. The number of nitrogens with zero attached hydrogens (tertiary/aromatic N) is 3. The summed E-state index contributed by atoms with van der Waals surface area (Å²) in [7, 11) is 0. The molecule has 1 unspecified atom stereocenters. The number of benzene rings is 2. The summed E-state index contributed by atoms with van der Waals surface area (Å²) < 4.78 is 6.47. The first-order chi connectivity index (χ1) is 15.6. The summed E-state index contributed by atoms with van der Waals surface area (Å²) in [5, 5.41) is 12.1. The Balaban J connectivity index is 1.29. The Bertz CT molecular complexity index is 1060. The van der Waals surface area contributed by atoms with Gasteiger partial charge in [-0.3, -0.25) is 9.59 Å². The molecule has 8 nitrogen and oxygen atoms in total. The summed E-state index contributed by atoms with van der Waals surface area (Å²) in [4.78, 5) is 25.8. The van der Waals surface area contributed by atoms with Crippen LogP contribution in [0.25, 0.3) is 0 Å². The van der Waals surface area contributed by atoms with Crippen LogP contribution in [0.5, 0.6) is 11.5 Å². The van der Waals surface area contributed by atoms with Gasteiger partial charge in [0.15, 0.2) is 4.34 Å². The molecule has 32 heavy (non-hydrogen) atoms. The van der Waals surface area contributed by atoms with Gasteiger partial charge in [-0.05, 0) is 55.7 Å². The van der Waals surface area contributed by atoms with E-state index in [0.29, 0.717) is 22.4 Å². The second-order valence-electron chi connectivity index (χ2n) is 7.23. The van der Waals surface area contributed by atoms with E-state index in [9.17, 15) is 9.59 Å². The number of carbonyl (C=O) groups is 2. The number of primary amides is 1. The van der Waals surface area contributed by atoms with E-state index in [1.807, 2.05) is 54.6 Å². The minimum Gasteiger partial charge on any atom is -0.457 e. The van der Waals surface area contributed by atoms with Crippen molar-refractivity contribution in [3.8, 4) is 11.5 Å². The minimum absolute atomic E-state index is 0.0998. The van der Waals surface area contributed by atoms with Crippen molar-refractivity contribution in [1.82, 2.24) is 15.1 Å². The average molecular weight is 470 g/mol. The third-order valence-electron chi connectivity index (χ3n) is 4.96. The van der Waals surface area contributed by atoms with Crippen molar-refractivity contribution >= 4 is 45.7 Å². The molecule has 0 aliphatic carbocycles. The van der Waals surface area contributed by atoms with E-state index in [1.165, 1.54) is 23.1 Å². The largest absolute Gasteiger partial charge is 0.457 e. The van der Waals surface area contributed by atoms with Crippen LogP contribution in [-0.4, -0.2) is 45.3 Å². The van der Waals surface area contributed by atoms with Crippen LogP contribution in [0.2, 0.25) is 0 Å². The number of aromatic nitrogens is 2. The van der Waals surface area contributed by atoms with Crippen LogP contribution in [0.15, 0.2) is 58.9 Å². The van der Waals surface area contributed by atoms with Crippen molar-refractivity contribution in [1.29, 1.82) is 0 Å². The molecule has 2 aromatic carbocycles. The number of amides is 2. The Labute approximate surface area is 194 Å². The SMILES string of the molecule is NC(=O)C1CCCCN1C(=O)CSc1nnc(Nc2ccc(Oc3ccccc3)cc2)s1. The third kappa shape index (κ3) is 5.77. The first-order valence-electron chi connectivity index (χ1n) is 10.2. The van der Waals surface area contributed by atoms with Gasteiger partial charge in [0.05, 0.1) is 5.75 Å². The lowest BCUT2D eigenvalue weighted by Gasteiger charge is -2.33. The van der Waals surface area contributed by atoms with Gasteiger partial charge in [-0.2, -0.15) is 0 Å². The maximum absolute atomic E-state index is 12.6. The number of para-hydroxylation sites is 1. The normalized spacial score (nSPS) is 15.9. The summed E-state index contributed by atoms with van der Waals surface area (Å²) in [6, 6.07) is 16.6. The molecule has 1 fully saturated rings. The Morgan fingerprint density at radius 2 is 1.84 bits per heavy atom. The number of anilines is 2. The summed E-state index contributed by atoms with van der Waals surface area (Å²) in [6.45, 7) is 0.569. The Morgan fingerprint density at radius 1 is 1.09 bits per heavy atom. The topological polar surface area (TPSA) is 110 Å². The number of rotatable bonds is 8. The highest BCUT2D eigenvalue weighted by Gasteiger charge is 2.30. The molecule has 1 atom stereocenters. The number of likely N-dealkylation sites (tertiary alicyclic amines) is 1. The number of thioether (sulfide) groups is 1. The number of piperidine rings is 1. The standard InChI is InChI=1S/C22H23N5O3S2/c23-20(29)18-8-4-5-13-27(18)19(28)14-31-22-26-25-21(32-22)24-15-9-11-17(12-10-15)30-16-6-2-1-3-7-16/h1-3,6-7,9-12,18H,4-5,8,13-14H2,(H2,23,29)(H,24,25). The van der Waals surface area contributed by atoms with E-state index in [-0.39, 0.29) is 11.7 Å². The van der Waals surface area contributed by atoms with Gasteiger partial charge in [-0.25, -0.2) is 0 Å². The molecule has 1 aromatic heterocycles. The van der Waals surface area contributed by atoms with Crippen molar-refractivity contribution in [2.75, 3.05) is 17.6 Å². The van der Waals surface area contributed by atoms with Crippen molar-refractivity contribution < 1.29 is 14.3 Å². The van der Waals surface area contributed by atoms with Crippen molar-refractivity contribution in [3.05, 3.63) is 54.6 Å². The Hall–Kier alpha value is -3.11. The Kier molecular flexibility index (Phi) is 7.23. The van der Waals surface area contributed by atoms with Crippen molar-refractivity contribution in [2.45, 2.75) is 29.6 Å². The lowest BCUT2D eigenvalue weighted by molar-refractivity contribution is -0.138. The number of hydrogen-bond donors (Lipinski definition) is 2. The lowest BCUT2D eigenvalue weighted by Crippen LogP contribution is -2.51. The second kappa shape index (κ2) is 10.5. The van der Waals surface area contributed by atoms with E-state index >= 15 is 0 Å². The highest BCUT2D eigenvalue weighted by Crippen LogP contribution is 2.30. The number of ether oxygens (including phenoxy) is 1. The molecule has 1 aliphatic rings. The van der Waals surface area contributed by atoms with Gasteiger partial charge in [-0.15, -0.1) is 10.2 Å². The van der Waals surface area contributed by atoms with E-state index in [2.05, 4.69) is 15.5 Å². The summed E-state index contributed by atoms with van der Waals surface area (Å²) in [5.41, 5.74) is 6.30. The molecule has 3 aromatic rings. The highest BCUT2D eigenvalue weighted by atomic mass is 32.2. The first kappa shape index (κ1) is 22.1. The van der Waals surface area contributed by atoms with Crippen LogP contribution < -0.4 is 15.8 Å². The molecular formula is C22H23N5O3S2. The van der Waals surface area contributed by atoms with Crippen molar-refractivity contribution in [3.63, 3.8) is 0 Å². The lowest BCUT2D eigenvalue weighted by atomic mass is 10.0. The maximum atomic E-state index is 12.6. The summed E-state index contributed by atoms with van der Waals surface area (Å²) >= 11 is 2.68. The molecule has 10 heteroatoms. The third-order valence-corrected chi connectivity index (χ3v) is 6.92. The van der Waals surface area contributed by atoms with Crippen LogP contribution in [-0.2, 0) is 9.59 Å². The molecule has 0 bridgehead atoms. The average Bonchev–Trinajstić information content (AvgIpc) is 3.26. The predicted molar refractivity (Wildman–Crippen MR) is 125 cm³/mol. The van der Waals surface area contributed by atoms with Crippen LogP contribution in [0, 0.1) is 0 Å². The molecular weight excluding hydrogens is 446 g/mol. The molecule has 4 rings (SSSR count). The Morgan fingerprint density at radius 3 is 2.59 bits per heavy atom. The number of nitrogens with two attached hydrogens (primary N) is 1. The van der Waals surface area contributed by atoms with Gasteiger partial charge in [0.1, 0.15) is 17.5 Å². The zero-order valence-electron chi connectivity index (χ0n) is 17.3. The minimum atomic E-state index is -0.502. The molecule has 3 N–H and O–H groups in total. The molecule has 0 saturated carbocycles. The molecule has 1 saturated heterocycles. The van der Waals surface area contributed by atoms with Gasteiger partial charge < -0.3 is 20.7 Å². The molecule has 2 amide bonds. The summed E-state index contributed by atoms with van der Waals surface area (Å²) in [6.07, 6.45) is 2.44. The smallest absolute Gasteiger partial charge is 0.240 e. The van der Waals surface area contributed by atoms with Crippen LogP contribution >= 0.6 is 23.1 Å². The fraction of sp³-hybridized carbons (Fsp3) is 0.273. The number of carbonyl (C=O) groups excluding carboxylic acids is 2. The molecule has 0 radical (unpaired) electrons. The fourth-order valence-electron chi connectivity index (χ4n) is 3.41. The molecule has 0 spiro atoms. The predicted octanol–water partition coefficient (Wildman–Crippen LogP) is 4.03. The fourth-order valence-corrected chi connectivity index (χ4v) is 5.06. The zero-order chi connectivity index (χ0) is 22.3. The summed E-state index contributed by atoms with van der Waals surface area (Å²) in [5.74, 6) is 1.17. The van der Waals surface area contributed by atoms with E-state index in [0.717, 1.165) is 30.0 Å². The van der Waals surface area contributed by atoms with E-state index in [4.69, 9.17) is 10.5 Å². The molecule has 2 heterocycles. The molecule has 1 aliphatic heterocycles. The number of hydrogen-bond acceptors (Lipinski definition) is 8. The first-order valence-corrected chi connectivity index (χ1v) is 12.0. The van der Waals surface area contributed by atoms with E-state index < -0.39 is 11.9 Å². The van der Waals surface area contributed by atoms with Gasteiger partial charge in [0.25, 0.3) is 0 Å². The van der Waals surface area contributed by atoms with E-state index in [1.54, 1.807) is 4.90 Å². The maximum Gasteiger partial charge on any atom is 0.240 e. The van der Waals surface area contributed by atoms with Gasteiger partial charge >= 0.3 is 0 Å². The van der Waals surface area contributed by atoms with Gasteiger partial charge in [-0.1, -0.05) is 41.3 Å². The van der Waals surface area contributed by atoms with Gasteiger partial charge in [0, 0.05) is 12.2 Å². The van der Waals surface area contributed by atoms with Crippen LogP contribution in [0.4, 0.5) is 10.8 Å². The van der Waals surface area contributed by atoms with Gasteiger partial charge in [0.2, 0.25) is 16.9 Å². The second-order valence-corrected chi connectivity index (χ2v) is 9.43.